The van der Waals surface area contributed by atoms with Crippen LogP contribution >= 0.6 is 22.9 Å². The Morgan fingerprint density at radius 3 is 2.63 bits per heavy atom. The van der Waals surface area contributed by atoms with Gasteiger partial charge in [0.05, 0.1) is 0 Å². The number of halogens is 1. The zero-order chi connectivity index (χ0) is 13.1. The minimum absolute atomic E-state index is 0.559. The molecule has 0 aliphatic heterocycles. The van der Waals surface area contributed by atoms with Crippen LogP contribution in [0.2, 0.25) is 0 Å². The lowest BCUT2D eigenvalue weighted by atomic mass is 10.1. The first-order chi connectivity index (χ1) is 9.36. The van der Waals surface area contributed by atoms with Gasteiger partial charge in [0.25, 0.3) is 0 Å². The summed E-state index contributed by atoms with van der Waals surface area (Å²) in [6.07, 6.45) is 1.85. The lowest BCUT2D eigenvalue weighted by molar-refractivity contribution is 1.12. The Balaban J connectivity index is 1.76. The molecule has 19 heavy (non-hydrogen) atoms. The molecule has 0 bridgehead atoms. The minimum atomic E-state index is 0.559. The van der Waals surface area contributed by atoms with Crippen LogP contribution in [-0.4, -0.2) is 4.98 Å². The van der Waals surface area contributed by atoms with E-state index in [9.17, 15) is 0 Å². The van der Waals surface area contributed by atoms with E-state index in [1.165, 1.54) is 15.6 Å². The van der Waals surface area contributed by atoms with E-state index in [0.29, 0.717) is 5.88 Å². The zero-order valence-corrected chi connectivity index (χ0v) is 11.8. The predicted molar refractivity (Wildman–Crippen MR) is 82.9 cm³/mol. The normalized spacial score (nSPS) is 10.8. The number of alkyl halides is 1. The van der Waals surface area contributed by atoms with Gasteiger partial charge >= 0.3 is 0 Å². The molecule has 0 aliphatic rings. The molecule has 3 aromatic rings. The molecular formula is C15H13ClN2S. The summed E-state index contributed by atoms with van der Waals surface area (Å²) in [4.78, 5) is 4.40. The van der Waals surface area contributed by atoms with Gasteiger partial charge in [-0.3, -0.25) is 0 Å². The number of benzene rings is 1. The molecule has 0 aliphatic carbocycles. The highest BCUT2D eigenvalue weighted by Crippen LogP contribution is 2.26. The van der Waals surface area contributed by atoms with Gasteiger partial charge in [0.15, 0.2) is 0 Å². The second kappa shape index (κ2) is 5.59. The van der Waals surface area contributed by atoms with Crippen LogP contribution in [0.25, 0.3) is 10.1 Å². The van der Waals surface area contributed by atoms with Crippen LogP contribution < -0.4 is 5.32 Å². The van der Waals surface area contributed by atoms with Gasteiger partial charge in [0.2, 0.25) is 0 Å². The van der Waals surface area contributed by atoms with Crippen molar-refractivity contribution in [1.29, 1.82) is 0 Å². The van der Waals surface area contributed by atoms with Gasteiger partial charge in [-0.15, -0.1) is 22.9 Å². The maximum absolute atomic E-state index is 5.78. The van der Waals surface area contributed by atoms with Gasteiger partial charge in [0, 0.05) is 28.7 Å². The molecule has 2 aromatic heterocycles. The number of hydrogen-bond donors (Lipinski definition) is 1. The monoisotopic (exact) mass is 288 g/mol. The van der Waals surface area contributed by atoms with Crippen LogP contribution in [0.3, 0.4) is 0 Å². The smallest absolute Gasteiger partial charge is 0.134 e. The fraction of sp³-hybridized carbons (Fsp3) is 0.133. The van der Waals surface area contributed by atoms with E-state index in [1.54, 1.807) is 11.3 Å². The summed E-state index contributed by atoms with van der Waals surface area (Å²) in [6.45, 7) is 0.768. The zero-order valence-electron chi connectivity index (χ0n) is 10.3. The second-order valence-electron chi connectivity index (χ2n) is 4.30. The van der Waals surface area contributed by atoms with Gasteiger partial charge in [-0.1, -0.05) is 24.3 Å². The topological polar surface area (TPSA) is 24.9 Å². The summed E-state index contributed by atoms with van der Waals surface area (Å²) in [5.41, 5.74) is 2.37. The largest absolute Gasteiger partial charge is 0.365 e. The number of anilines is 1. The number of fused-ring (bicyclic) bond motifs is 1. The first-order valence-electron chi connectivity index (χ1n) is 6.06. The quantitative estimate of drug-likeness (QED) is 0.707. The highest BCUT2D eigenvalue weighted by Gasteiger charge is 2.02. The number of nitrogens with one attached hydrogen (secondary N) is 1. The molecule has 0 amide bonds. The molecule has 0 atom stereocenters. The third-order valence-corrected chi connectivity index (χ3v) is 4.21. The maximum Gasteiger partial charge on any atom is 0.134 e. The van der Waals surface area contributed by atoms with Crippen LogP contribution in [0, 0.1) is 0 Å². The SMILES string of the molecule is ClCc1ccc(CNc2nccc3sccc23)cc1. The highest BCUT2D eigenvalue weighted by molar-refractivity contribution is 7.17. The Morgan fingerprint density at radius 2 is 1.84 bits per heavy atom. The lowest BCUT2D eigenvalue weighted by Gasteiger charge is -2.07. The van der Waals surface area contributed by atoms with E-state index in [0.717, 1.165) is 17.9 Å². The fourth-order valence-electron chi connectivity index (χ4n) is 1.97. The van der Waals surface area contributed by atoms with Crippen molar-refractivity contribution in [2.45, 2.75) is 12.4 Å². The van der Waals surface area contributed by atoms with Crippen molar-refractivity contribution >= 4 is 38.8 Å². The standard InChI is InChI=1S/C15H13ClN2S/c16-9-11-1-3-12(4-2-11)10-18-15-13-6-8-19-14(13)5-7-17-15/h1-8H,9-10H2,(H,17,18). The molecule has 1 aromatic carbocycles. The molecule has 0 saturated carbocycles. The van der Waals surface area contributed by atoms with E-state index < -0.39 is 0 Å². The van der Waals surface area contributed by atoms with E-state index in [2.05, 4.69) is 46.0 Å². The lowest BCUT2D eigenvalue weighted by Crippen LogP contribution is -2.01. The molecule has 0 unspecified atom stereocenters. The van der Waals surface area contributed by atoms with Crippen molar-refractivity contribution in [3.8, 4) is 0 Å². The number of thiophene rings is 1. The van der Waals surface area contributed by atoms with Crippen molar-refractivity contribution in [3.05, 3.63) is 59.1 Å². The van der Waals surface area contributed by atoms with Crippen LogP contribution in [0.1, 0.15) is 11.1 Å². The van der Waals surface area contributed by atoms with Crippen LogP contribution in [-0.2, 0) is 12.4 Å². The number of hydrogen-bond acceptors (Lipinski definition) is 3. The molecule has 4 heteroatoms. The summed E-state index contributed by atoms with van der Waals surface area (Å²) < 4.78 is 1.26. The maximum atomic E-state index is 5.78. The Labute approximate surface area is 121 Å². The van der Waals surface area contributed by atoms with Crippen LogP contribution in [0.4, 0.5) is 5.82 Å². The van der Waals surface area contributed by atoms with Gasteiger partial charge in [-0.25, -0.2) is 4.98 Å². The van der Waals surface area contributed by atoms with Crippen LogP contribution in [0.5, 0.6) is 0 Å². The Hall–Kier alpha value is -1.58. The van der Waals surface area contributed by atoms with Crippen molar-refractivity contribution < 1.29 is 0 Å². The highest BCUT2D eigenvalue weighted by atomic mass is 35.5. The first-order valence-corrected chi connectivity index (χ1v) is 7.48. The van der Waals surface area contributed by atoms with E-state index in [4.69, 9.17) is 11.6 Å². The minimum Gasteiger partial charge on any atom is -0.365 e. The molecule has 0 radical (unpaired) electrons. The summed E-state index contributed by atoms with van der Waals surface area (Å²) in [5.74, 6) is 1.50. The number of pyridine rings is 1. The summed E-state index contributed by atoms with van der Waals surface area (Å²) >= 11 is 7.51. The average molecular weight is 289 g/mol. The van der Waals surface area contributed by atoms with Gasteiger partial charge in [-0.2, -0.15) is 0 Å². The molecular weight excluding hydrogens is 276 g/mol. The van der Waals surface area contributed by atoms with Gasteiger partial charge < -0.3 is 5.32 Å². The summed E-state index contributed by atoms with van der Waals surface area (Å²) in [7, 11) is 0. The Morgan fingerprint density at radius 1 is 1.05 bits per heavy atom. The van der Waals surface area contributed by atoms with Gasteiger partial charge in [0.1, 0.15) is 5.82 Å². The van der Waals surface area contributed by atoms with Crippen molar-refractivity contribution in [2.24, 2.45) is 0 Å². The van der Waals surface area contributed by atoms with E-state index in [-0.39, 0.29) is 0 Å². The third kappa shape index (κ3) is 2.72. The van der Waals surface area contributed by atoms with Crippen molar-refractivity contribution in [1.82, 2.24) is 4.98 Å². The van der Waals surface area contributed by atoms with Crippen molar-refractivity contribution in [2.75, 3.05) is 5.32 Å². The molecule has 3 rings (SSSR count). The predicted octanol–water partition coefficient (Wildman–Crippen LogP) is 4.65. The average Bonchev–Trinajstić information content (AvgIpc) is 2.94. The third-order valence-electron chi connectivity index (χ3n) is 3.02. The fourth-order valence-corrected chi connectivity index (χ4v) is 2.93. The van der Waals surface area contributed by atoms with E-state index in [1.807, 2.05) is 12.3 Å². The number of aromatic nitrogens is 1. The molecule has 2 nitrogen and oxygen atoms in total. The summed E-state index contributed by atoms with van der Waals surface area (Å²) in [5, 5.41) is 6.67. The van der Waals surface area contributed by atoms with Crippen molar-refractivity contribution in [3.63, 3.8) is 0 Å². The molecule has 0 fully saturated rings. The van der Waals surface area contributed by atoms with Gasteiger partial charge in [-0.05, 0) is 28.6 Å². The summed E-state index contributed by atoms with van der Waals surface area (Å²) in [6, 6.07) is 12.5. The molecule has 96 valence electrons. The molecule has 1 N–H and O–H groups in total. The molecule has 0 spiro atoms. The molecule has 2 heterocycles. The Kier molecular flexibility index (Phi) is 3.67. The number of nitrogens with zero attached hydrogens (tertiary/aromatic N) is 1. The Bertz CT molecular complexity index is 676. The first kappa shape index (κ1) is 12.5. The second-order valence-corrected chi connectivity index (χ2v) is 5.51. The molecule has 0 saturated heterocycles. The van der Waals surface area contributed by atoms with Crippen LogP contribution in [0.15, 0.2) is 48.0 Å². The number of rotatable bonds is 4. The van der Waals surface area contributed by atoms with E-state index >= 15 is 0 Å².